The molecule has 0 fully saturated rings. The van der Waals surface area contributed by atoms with Gasteiger partial charge in [0.2, 0.25) is 0 Å². The molecule has 0 atom stereocenters. The lowest BCUT2D eigenvalue weighted by Crippen LogP contribution is -2.26. The minimum Gasteiger partial charge on any atom is -0.508 e. The summed E-state index contributed by atoms with van der Waals surface area (Å²) in [5.41, 5.74) is 7.89. The van der Waals surface area contributed by atoms with Gasteiger partial charge in [0.15, 0.2) is 0 Å². The van der Waals surface area contributed by atoms with Gasteiger partial charge in [0.1, 0.15) is 5.75 Å². The number of carbonyl (C=O) groups excluding carboxylic acids is 1. The number of halogens is 1. The minimum absolute atomic E-state index is 0.0171. The van der Waals surface area contributed by atoms with Gasteiger partial charge < -0.3 is 15.7 Å². The fourth-order valence-electron chi connectivity index (χ4n) is 2.01. The molecule has 2 aromatic rings. The molecule has 0 bridgehead atoms. The van der Waals surface area contributed by atoms with Crippen LogP contribution in [0.5, 0.6) is 5.75 Å². The lowest BCUT2D eigenvalue weighted by Gasteiger charge is -2.18. The van der Waals surface area contributed by atoms with Gasteiger partial charge in [0.05, 0.1) is 10.6 Å². The molecule has 1 amide bonds. The average Bonchev–Trinajstić information content (AvgIpc) is 2.49. The van der Waals surface area contributed by atoms with Crippen molar-refractivity contribution in [3.8, 4) is 5.75 Å². The maximum atomic E-state index is 12.4. The number of carbonyl (C=O) groups is 1. The fourth-order valence-corrected chi connectivity index (χ4v) is 2.21. The normalized spacial score (nSPS) is 10.4. The molecule has 2 aromatic carbocycles. The third-order valence-electron chi connectivity index (χ3n) is 3.21. The van der Waals surface area contributed by atoms with E-state index in [0.29, 0.717) is 18.1 Å². The zero-order valence-corrected chi connectivity index (χ0v) is 12.5. The summed E-state index contributed by atoms with van der Waals surface area (Å²) < 4.78 is 0. The first-order valence-electron chi connectivity index (χ1n) is 6.53. The molecule has 0 saturated heterocycles. The first-order valence-corrected chi connectivity index (χ1v) is 6.91. The van der Waals surface area contributed by atoms with Crippen molar-refractivity contribution in [3.05, 3.63) is 64.2 Å². The number of rotatable bonds is 4. The smallest absolute Gasteiger partial charge is 0.255 e. The number of nitrogens with two attached hydrogens (primary N) is 1. The molecule has 0 radical (unpaired) electrons. The maximum absolute atomic E-state index is 12.4. The van der Waals surface area contributed by atoms with Crippen LogP contribution in [0, 0.1) is 0 Å². The van der Waals surface area contributed by atoms with Gasteiger partial charge in [-0.1, -0.05) is 35.9 Å². The topological polar surface area (TPSA) is 66.6 Å². The Morgan fingerprint density at radius 3 is 2.43 bits per heavy atom. The molecule has 0 unspecified atom stereocenters. The second-order valence-corrected chi connectivity index (χ2v) is 5.25. The Labute approximate surface area is 128 Å². The van der Waals surface area contributed by atoms with Crippen molar-refractivity contribution in [2.24, 2.45) is 5.73 Å². The van der Waals surface area contributed by atoms with Gasteiger partial charge in [0.25, 0.3) is 5.91 Å². The summed E-state index contributed by atoms with van der Waals surface area (Å²) in [4.78, 5) is 13.9. The van der Waals surface area contributed by atoms with Crippen LogP contribution in [0.3, 0.4) is 0 Å². The van der Waals surface area contributed by atoms with Crippen molar-refractivity contribution in [1.82, 2.24) is 4.90 Å². The lowest BCUT2D eigenvalue weighted by molar-refractivity contribution is 0.0785. The van der Waals surface area contributed by atoms with Crippen molar-refractivity contribution in [2.45, 2.75) is 13.1 Å². The number of phenols is 1. The molecule has 4 nitrogen and oxygen atoms in total. The highest BCUT2D eigenvalue weighted by Crippen LogP contribution is 2.22. The van der Waals surface area contributed by atoms with E-state index in [1.54, 1.807) is 11.9 Å². The lowest BCUT2D eigenvalue weighted by atomic mass is 10.1. The molecule has 0 aliphatic rings. The van der Waals surface area contributed by atoms with Crippen LogP contribution in [0.25, 0.3) is 0 Å². The largest absolute Gasteiger partial charge is 0.508 e. The Kier molecular flexibility index (Phi) is 4.83. The number of nitrogens with zero attached hydrogens (tertiary/aromatic N) is 1. The predicted octanol–water partition coefficient (Wildman–Crippen LogP) is 2.78. The Bertz CT molecular complexity index is 641. The molecule has 3 N–H and O–H groups in total. The zero-order valence-electron chi connectivity index (χ0n) is 11.7. The highest BCUT2D eigenvalue weighted by atomic mass is 35.5. The highest BCUT2D eigenvalue weighted by molar-refractivity contribution is 6.33. The van der Waals surface area contributed by atoms with Gasteiger partial charge in [-0.3, -0.25) is 4.79 Å². The van der Waals surface area contributed by atoms with Crippen LogP contribution in [0.15, 0.2) is 42.5 Å². The quantitative estimate of drug-likeness (QED) is 0.912. The van der Waals surface area contributed by atoms with Crippen LogP contribution < -0.4 is 5.73 Å². The molecule has 21 heavy (non-hydrogen) atoms. The van der Waals surface area contributed by atoms with Gasteiger partial charge in [0, 0.05) is 20.1 Å². The van der Waals surface area contributed by atoms with E-state index >= 15 is 0 Å². The third kappa shape index (κ3) is 3.74. The van der Waals surface area contributed by atoms with Crippen molar-refractivity contribution in [2.75, 3.05) is 7.05 Å². The fraction of sp³-hybridized carbons (Fsp3) is 0.188. The van der Waals surface area contributed by atoms with Gasteiger partial charge in [-0.25, -0.2) is 0 Å². The molecule has 0 aliphatic carbocycles. The average molecular weight is 305 g/mol. The monoisotopic (exact) mass is 304 g/mol. The summed E-state index contributed by atoms with van der Waals surface area (Å²) >= 11 is 6.01. The van der Waals surface area contributed by atoms with Gasteiger partial charge >= 0.3 is 0 Å². The zero-order chi connectivity index (χ0) is 15.4. The van der Waals surface area contributed by atoms with Crippen LogP contribution in [0.4, 0.5) is 0 Å². The van der Waals surface area contributed by atoms with Crippen molar-refractivity contribution in [1.29, 1.82) is 0 Å². The van der Waals surface area contributed by atoms with Crippen LogP contribution in [-0.4, -0.2) is 23.0 Å². The second kappa shape index (κ2) is 6.61. The van der Waals surface area contributed by atoms with Gasteiger partial charge in [-0.05, 0) is 29.3 Å². The first kappa shape index (κ1) is 15.4. The number of hydrogen-bond donors (Lipinski definition) is 2. The Hall–Kier alpha value is -2.04. The van der Waals surface area contributed by atoms with E-state index in [1.807, 2.05) is 24.3 Å². The molecule has 0 saturated carbocycles. The van der Waals surface area contributed by atoms with E-state index in [1.165, 1.54) is 18.2 Å². The SMILES string of the molecule is CN(Cc1ccc(CN)cc1)C(=O)c1cc(O)ccc1Cl. The standard InChI is InChI=1S/C16H17ClN2O2/c1-19(10-12-4-2-11(9-18)3-5-12)16(21)14-8-13(20)6-7-15(14)17/h2-8,20H,9-10,18H2,1H3. The van der Waals surface area contributed by atoms with Gasteiger partial charge in [-0.15, -0.1) is 0 Å². The van der Waals surface area contributed by atoms with E-state index in [0.717, 1.165) is 11.1 Å². The van der Waals surface area contributed by atoms with Crippen LogP contribution in [-0.2, 0) is 13.1 Å². The predicted molar refractivity (Wildman–Crippen MR) is 83.2 cm³/mol. The molecule has 0 aliphatic heterocycles. The number of hydrogen-bond acceptors (Lipinski definition) is 3. The number of phenolic OH excluding ortho intramolecular Hbond substituents is 1. The summed E-state index contributed by atoms with van der Waals surface area (Å²) in [7, 11) is 1.69. The van der Waals surface area contributed by atoms with Crippen molar-refractivity contribution in [3.63, 3.8) is 0 Å². The summed E-state index contributed by atoms with van der Waals surface area (Å²) in [6.07, 6.45) is 0. The van der Waals surface area contributed by atoms with E-state index in [4.69, 9.17) is 17.3 Å². The highest BCUT2D eigenvalue weighted by Gasteiger charge is 2.16. The third-order valence-corrected chi connectivity index (χ3v) is 3.54. The number of amides is 1. The van der Waals surface area contributed by atoms with Crippen LogP contribution in [0.2, 0.25) is 5.02 Å². The molecule has 5 heteroatoms. The van der Waals surface area contributed by atoms with E-state index in [-0.39, 0.29) is 17.2 Å². The number of benzene rings is 2. The molecular formula is C16H17ClN2O2. The summed E-state index contributed by atoms with van der Waals surface area (Å²) in [6.45, 7) is 0.948. The van der Waals surface area contributed by atoms with E-state index < -0.39 is 0 Å². The maximum Gasteiger partial charge on any atom is 0.255 e. The molecule has 2 rings (SSSR count). The van der Waals surface area contributed by atoms with Crippen molar-refractivity contribution < 1.29 is 9.90 Å². The molecule has 0 spiro atoms. The Morgan fingerprint density at radius 2 is 1.81 bits per heavy atom. The molecular weight excluding hydrogens is 288 g/mol. The van der Waals surface area contributed by atoms with Crippen LogP contribution in [0.1, 0.15) is 21.5 Å². The van der Waals surface area contributed by atoms with E-state index in [9.17, 15) is 9.90 Å². The van der Waals surface area contributed by atoms with Crippen LogP contribution >= 0.6 is 11.6 Å². The molecule has 0 aromatic heterocycles. The summed E-state index contributed by atoms with van der Waals surface area (Å²) in [5.74, 6) is -0.220. The number of aromatic hydroxyl groups is 1. The minimum atomic E-state index is -0.237. The summed E-state index contributed by atoms with van der Waals surface area (Å²) in [6, 6.07) is 12.1. The Balaban J connectivity index is 2.13. The Morgan fingerprint density at radius 1 is 1.19 bits per heavy atom. The van der Waals surface area contributed by atoms with Gasteiger partial charge in [-0.2, -0.15) is 0 Å². The first-order chi connectivity index (χ1) is 10.0. The second-order valence-electron chi connectivity index (χ2n) is 4.85. The molecule has 110 valence electrons. The molecule has 0 heterocycles. The van der Waals surface area contributed by atoms with Crippen molar-refractivity contribution >= 4 is 17.5 Å². The van der Waals surface area contributed by atoms with E-state index in [2.05, 4.69) is 0 Å². The summed E-state index contributed by atoms with van der Waals surface area (Å²) in [5, 5.41) is 9.80.